The number of hydrogen-bond acceptors (Lipinski definition) is 2. The fourth-order valence-electron chi connectivity index (χ4n) is 1.49. The SMILES string of the molecule is CC(C)(C)N[C@H](NC(=O)c1ccccc1Cl)C(Cl)(Cl)Cl. The van der Waals surface area contributed by atoms with E-state index in [1.54, 1.807) is 24.3 Å². The topological polar surface area (TPSA) is 41.1 Å². The van der Waals surface area contributed by atoms with E-state index in [4.69, 9.17) is 46.4 Å². The van der Waals surface area contributed by atoms with Crippen LogP contribution in [0.3, 0.4) is 0 Å². The average molecular weight is 358 g/mol. The van der Waals surface area contributed by atoms with Crippen LogP contribution in [-0.2, 0) is 0 Å². The number of benzene rings is 1. The van der Waals surface area contributed by atoms with Gasteiger partial charge in [-0.1, -0.05) is 58.5 Å². The van der Waals surface area contributed by atoms with Crippen LogP contribution in [0.1, 0.15) is 31.1 Å². The molecular formula is C13H16Cl4N2O. The lowest BCUT2D eigenvalue weighted by Crippen LogP contribution is -2.58. The summed E-state index contributed by atoms with van der Waals surface area (Å²) in [6, 6.07) is 6.67. The molecule has 0 unspecified atom stereocenters. The van der Waals surface area contributed by atoms with Crippen LogP contribution in [0.15, 0.2) is 24.3 Å². The first-order chi connectivity index (χ1) is 9.00. The van der Waals surface area contributed by atoms with E-state index in [0.717, 1.165) is 0 Å². The second kappa shape index (κ2) is 6.71. The first kappa shape index (κ1) is 17.9. The van der Waals surface area contributed by atoms with E-state index in [1.807, 2.05) is 20.8 Å². The molecule has 0 fully saturated rings. The first-order valence-corrected chi connectivity index (χ1v) is 7.42. The van der Waals surface area contributed by atoms with Gasteiger partial charge in [0.05, 0.1) is 10.6 Å². The van der Waals surface area contributed by atoms with Gasteiger partial charge >= 0.3 is 0 Å². The Morgan fingerprint density at radius 3 is 2.15 bits per heavy atom. The molecule has 20 heavy (non-hydrogen) atoms. The summed E-state index contributed by atoms with van der Waals surface area (Å²) in [5.41, 5.74) is -0.0216. The van der Waals surface area contributed by atoms with Gasteiger partial charge in [0.2, 0.25) is 3.79 Å². The number of nitrogens with one attached hydrogen (secondary N) is 2. The highest BCUT2D eigenvalue weighted by Gasteiger charge is 2.36. The minimum atomic E-state index is -1.69. The van der Waals surface area contributed by atoms with Crippen LogP contribution in [0.4, 0.5) is 0 Å². The van der Waals surface area contributed by atoms with E-state index in [0.29, 0.717) is 10.6 Å². The zero-order valence-corrected chi connectivity index (χ0v) is 14.3. The molecule has 0 saturated carbocycles. The molecule has 1 aromatic carbocycles. The minimum absolute atomic E-state index is 0.323. The Hall–Kier alpha value is -0.190. The van der Waals surface area contributed by atoms with Crippen LogP contribution in [0.25, 0.3) is 0 Å². The van der Waals surface area contributed by atoms with Gasteiger partial charge in [-0.05, 0) is 32.9 Å². The Morgan fingerprint density at radius 2 is 1.70 bits per heavy atom. The van der Waals surface area contributed by atoms with E-state index in [-0.39, 0.29) is 5.54 Å². The van der Waals surface area contributed by atoms with Crippen molar-refractivity contribution in [3.63, 3.8) is 0 Å². The second-order valence-electron chi connectivity index (χ2n) is 5.32. The van der Waals surface area contributed by atoms with Crippen LogP contribution in [0.5, 0.6) is 0 Å². The first-order valence-electron chi connectivity index (χ1n) is 5.90. The molecule has 0 radical (unpaired) electrons. The van der Waals surface area contributed by atoms with Crippen molar-refractivity contribution in [3.8, 4) is 0 Å². The fourth-order valence-corrected chi connectivity index (χ4v) is 2.04. The van der Waals surface area contributed by atoms with E-state index in [9.17, 15) is 4.79 Å². The Bertz CT molecular complexity index is 480. The van der Waals surface area contributed by atoms with Gasteiger partial charge in [0, 0.05) is 5.54 Å². The highest BCUT2D eigenvalue weighted by Crippen LogP contribution is 2.30. The van der Waals surface area contributed by atoms with Gasteiger partial charge in [0.15, 0.2) is 0 Å². The molecule has 7 heteroatoms. The van der Waals surface area contributed by atoms with Crippen LogP contribution in [0.2, 0.25) is 5.02 Å². The number of carbonyl (C=O) groups is 1. The number of alkyl halides is 3. The molecule has 3 nitrogen and oxygen atoms in total. The normalized spacial score (nSPS) is 13.9. The highest BCUT2D eigenvalue weighted by atomic mass is 35.6. The molecule has 112 valence electrons. The lowest BCUT2D eigenvalue weighted by molar-refractivity contribution is 0.0922. The summed E-state index contributed by atoms with van der Waals surface area (Å²) in [5, 5.41) is 6.02. The van der Waals surface area contributed by atoms with Crippen molar-refractivity contribution >= 4 is 52.3 Å². The summed E-state index contributed by atoms with van der Waals surface area (Å²) in [6.45, 7) is 5.70. The van der Waals surface area contributed by atoms with E-state index in [2.05, 4.69) is 10.6 Å². The molecule has 0 bridgehead atoms. The van der Waals surface area contributed by atoms with Crippen molar-refractivity contribution in [2.45, 2.75) is 36.3 Å². The van der Waals surface area contributed by atoms with Crippen molar-refractivity contribution in [2.24, 2.45) is 0 Å². The lowest BCUT2D eigenvalue weighted by atomic mass is 10.1. The average Bonchev–Trinajstić information content (AvgIpc) is 2.25. The predicted octanol–water partition coefficient (Wildman–Crippen LogP) is 4.15. The molecule has 2 N–H and O–H groups in total. The molecule has 0 aliphatic heterocycles. The number of hydrogen-bond donors (Lipinski definition) is 2. The van der Waals surface area contributed by atoms with E-state index >= 15 is 0 Å². The van der Waals surface area contributed by atoms with Gasteiger partial charge < -0.3 is 5.32 Å². The van der Waals surface area contributed by atoms with Crippen LogP contribution < -0.4 is 10.6 Å². The van der Waals surface area contributed by atoms with Gasteiger partial charge in [0.1, 0.15) is 6.17 Å². The number of amides is 1. The monoisotopic (exact) mass is 356 g/mol. The van der Waals surface area contributed by atoms with Gasteiger partial charge in [0.25, 0.3) is 5.91 Å². The molecular weight excluding hydrogens is 342 g/mol. The second-order valence-corrected chi connectivity index (χ2v) is 8.10. The van der Waals surface area contributed by atoms with Gasteiger partial charge in [-0.2, -0.15) is 0 Å². The third kappa shape index (κ3) is 5.66. The molecule has 0 heterocycles. The lowest BCUT2D eigenvalue weighted by Gasteiger charge is -2.33. The van der Waals surface area contributed by atoms with Crippen LogP contribution in [-0.4, -0.2) is 21.4 Å². The smallest absolute Gasteiger partial charge is 0.254 e. The van der Waals surface area contributed by atoms with E-state index in [1.165, 1.54) is 0 Å². The quantitative estimate of drug-likeness (QED) is 0.630. The molecule has 0 saturated heterocycles. The number of halogens is 4. The van der Waals surface area contributed by atoms with Crippen molar-refractivity contribution in [3.05, 3.63) is 34.9 Å². The van der Waals surface area contributed by atoms with Crippen molar-refractivity contribution in [2.75, 3.05) is 0 Å². The predicted molar refractivity (Wildman–Crippen MR) is 85.9 cm³/mol. The van der Waals surface area contributed by atoms with E-state index < -0.39 is 15.9 Å². The zero-order valence-electron chi connectivity index (χ0n) is 11.3. The third-order valence-electron chi connectivity index (χ3n) is 2.30. The Morgan fingerprint density at radius 1 is 1.15 bits per heavy atom. The maximum absolute atomic E-state index is 12.2. The number of rotatable bonds is 3. The standard InChI is InChI=1S/C13H16Cl4N2O/c1-12(2,3)19-11(13(15,16)17)18-10(20)8-6-4-5-7-9(8)14/h4-7,11,19H,1-3H3,(H,18,20)/t11-/m0/s1. The van der Waals surface area contributed by atoms with Crippen molar-refractivity contribution in [1.82, 2.24) is 10.6 Å². The Balaban J connectivity index is 2.91. The van der Waals surface area contributed by atoms with Gasteiger partial charge in [-0.15, -0.1) is 0 Å². The fraction of sp³-hybridized carbons (Fsp3) is 0.462. The summed E-state index contributed by atoms with van der Waals surface area (Å²) < 4.78 is -1.69. The molecule has 0 aromatic heterocycles. The van der Waals surface area contributed by atoms with Crippen molar-refractivity contribution < 1.29 is 4.79 Å². The van der Waals surface area contributed by atoms with Crippen LogP contribution >= 0.6 is 46.4 Å². The largest absolute Gasteiger partial charge is 0.333 e. The zero-order chi connectivity index (χ0) is 15.6. The maximum atomic E-state index is 12.2. The minimum Gasteiger partial charge on any atom is -0.333 e. The number of carbonyl (C=O) groups excluding carboxylic acids is 1. The molecule has 1 atom stereocenters. The molecule has 0 aliphatic rings. The summed E-state index contributed by atoms with van der Waals surface area (Å²) in [5.74, 6) is -0.413. The summed E-state index contributed by atoms with van der Waals surface area (Å²) in [4.78, 5) is 12.2. The van der Waals surface area contributed by atoms with Crippen LogP contribution in [0, 0.1) is 0 Å². The molecule has 1 aromatic rings. The Labute approximate surface area is 138 Å². The molecule has 1 rings (SSSR count). The molecule has 0 spiro atoms. The maximum Gasteiger partial charge on any atom is 0.254 e. The summed E-state index contributed by atoms with van der Waals surface area (Å²) in [6.07, 6.45) is -0.851. The van der Waals surface area contributed by atoms with Crippen molar-refractivity contribution in [1.29, 1.82) is 0 Å². The summed E-state index contributed by atoms with van der Waals surface area (Å²) >= 11 is 23.7. The highest BCUT2D eigenvalue weighted by molar-refractivity contribution is 6.68. The molecule has 1 amide bonds. The van der Waals surface area contributed by atoms with Gasteiger partial charge in [-0.25, -0.2) is 0 Å². The molecule has 0 aliphatic carbocycles. The van der Waals surface area contributed by atoms with Gasteiger partial charge in [-0.3, -0.25) is 10.1 Å². The third-order valence-corrected chi connectivity index (χ3v) is 3.28. The Kier molecular flexibility index (Phi) is 6.00. The summed E-state index contributed by atoms with van der Waals surface area (Å²) in [7, 11) is 0.